The minimum Gasteiger partial charge on any atom is -0.493 e. The van der Waals surface area contributed by atoms with Crippen molar-refractivity contribution in [1.82, 2.24) is 0 Å². The molecule has 3 aromatic carbocycles. The molecule has 0 unspecified atom stereocenters. The number of anilines is 2. The number of rotatable bonds is 10. The molecule has 0 aliphatic carbocycles. The van der Waals surface area contributed by atoms with Gasteiger partial charge in [-0.05, 0) is 49.4 Å². The Morgan fingerprint density at radius 2 is 1.64 bits per heavy atom. The van der Waals surface area contributed by atoms with Gasteiger partial charge in [-0.25, -0.2) is 13.2 Å². The van der Waals surface area contributed by atoms with Gasteiger partial charge in [0.1, 0.15) is 6.54 Å². The molecule has 0 saturated carbocycles. The second-order valence-electron chi connectivity index (χ2n) is 7.33. The van der Waals surface area contributed by atoms with Crippen LogP contribution in [-0.2, 0) is 19.6 Å². The fraction of sp³-hybridized carbons (Fsp3) is 0.200. The Morgan fingerprint density at radius 1 is 0.944 bits per heavy atom. The summed E-state index contributed by atoms with van der Waals surface area (Å²) < 4.78 is 43.6. The molecule has 36 heavy (non-hydrogen) atoms. The minimum absolute atomic E-state index is 0.0779. The monoisotopic (exact) mass is 532 g/mol. The molecule has 0 spiro atoms. The summed E-state index contributed by atoms with van der Waals surface area (Å²) in [5, 5.41) is 2.78. The third-order valence-corrected chi connectivity index (χ3v) is 7.12. The number of amides is 1. The van der Waals surface area contributed by atoms with Crippen LogP contribution in [0.15, 0.2) is 71.6 Å². The van der Waals surface area contributed by atoms with E-state index in [1.165, 1.54) is 50.6 Å². The number of sulfonamides is 1. The number of benzene rings is 3. The number of esters is 1. The molecule has 0 aromatic heterocycles. The molecule has 0 atom stereocenters. The molecule has 0 fully saturated rings. The largest absolute Gasteiger partial charge is 0.493 e. The van der Waals surface area contributed by atoms with E-state index in [1.807, 2.05) is 0 Å². The van der Waals surface area contributed by atoms with Crippen LogP contribution in [0, 0.1) is 0 Å². The molecule has 0 saturated heterocycles. The van der Waals surface area contributed by atoms with Crippen molar-refractivity contribution in [2.24, 2.45) is 0 Å². The van der Waals surface area contributed by atoms with Crippen LogP contribution in [0.25, 0.3) is 0 Å². The summed E-state index contributed by atoms with van der Waals surface area (Å²) in [6.07, 6.45) is 0. The van der Waals surface area contributed by atoms with Crippen molar-refractivity contribution in [2.45, 2.75) is 11.8 Å². The van der Waals surface area contributed by atoms with Crippen molar-refractivity contribution in [3.63, 3.8) is 0 Å². The second kappa shape index (κ2) is 11.8. The van der Waals surface area contributed by atoms with Crippen LogP contribution < -0.4 is 19.1 Å². The Bertz CT molecular complexity index is 1350. The van der Waals surface area contributed by atoms with E-state index < -0.39 is 28.4 Å². The number of methoxy groups -OCH3 is 2. The molecule has 3 aromatic rings. The number of para-hydroxylation sites is 1. The third-order valence-electron chi connectivity index (χ3n) is 5.02. The number of hydrogen-bond donors (Lipinski definition) is 1. The highest BCUT2D eigenvalue weighted by Crippen LogP contribution is 2.32. The summed E-state index contributed by atoms with van der Waals surface area (Å²) >= 11 is 6.08. The summed E-state index contributed by atoms with van der Waals surface area (Å²) in [7, 11) is -1.36. The van der Waals surface area contributed by atoms with Crippen LogP contribution in [0.2, 0.25) is 5.02 Å². The van der Waals surface area contributed by atoms with Crippen molar-refractivity contribution < 1.29 is 32.2 Å². The SMILES string of the molecule is CCOC(=O)c1cc(NC(=O)CN(c2ccccc2)S(=O)(=O)c2ccc(OC)c(OC)c2)ccc1Cl. The average molecular weight is 533 g/mol. The summed E-state index contributed by atoms with van der Waals surface area (Å²) in [6.45, 7) is 1.28. The summed E-state index contributed by atoms with van der Waals surface area (Å²) in [5.74, 6) is -0.690. The van der Waals surface area contributed by atoms with Gasteiger partial charge in [0.05, 0.1) is 42.0 Å². The molecule has 0 radical (unpaired) electrons. The van der Waals surface area contributed by atoms with Gasteiger partial charge in [-0.1, -0.05) is 29.8 Å². The lowest BCUT2D eigenvalue weighted by Gasteiger charge is -2.24. The van der Waals surface area contributed by atoms with Crippen molar-refractivity contribution >= 4 is 44.9 Å². The zero-order valence-corrected chi connectivity index (χ0v) is 21.4. The summed E-state index contributed by atoms with van der Waals surface area (Å²) in [4.78, 5) is 25.0. The van der Waals surface area contributed by atoms with E-state index in [1.54, 1.807) is 37.3 Å². The topological polar surface area (TPSA) is 111 Å². The number of hydrogen-bond acceptors (Lipinski definition) is 7. The molecule has 190 valence electrons. The molecule has 0 aliphatic heterocycles. The Labute approximate surface area is 214 Å². The molecule has 0 heterocycles. The number of carbonyl (C=O) groups is 2. The van der Waals surface area contributed by atoms with Crippen molar-refractivity contribution in [3.05, 3.63) is 77.3 Å². The molecule has 1 N–H and O–H groups in total. The highest BCUT2D eigenvalue weighted by molar-refractivity contribution is 7.92. The quantitative estimate of drug-likeness (QED) is 0.386. The number of halogens is 1. The van der Waals surface area contributed by atoms with Crippen LogP contribution in [-0.4, -0.2) is 47.7 Å². The van der Waals surface area contributed by atoms with E-state index in [-0.39, 0.29) is 39.2 Å². The Morgan fingerprint density at radius 3 is 2.28 bits per heavy atom. The van der Waals surface area contributed by atoms with Gasteiger partial charge in [0.15, 0.2) is 11.5 Å². The van der Waals surface area contributed by atoms with E-state index in [4.69, 9.17) is 25.8 Å². The second-order valence-corrected chi connectivity index (χ2v) is 9.60. The number of nitrogens with zero attached hydrogens (tertiary/aromatic N) is 1. The molecular weight excluding hydrogens is 508 g/mol. The lowest BCUT2D eigenvalue weighted by molar-refractivity contribution is -0.114. The van der Waals surface area contributed by atoms with Gasteiger partial charge in [0.25, 0.3) is 10.0 Å². The highest BCUT2D eigenvalue weighted by Gasteiger charge is 2.28. The van der Waals surface area contributed by atoms with Gasteiger partial charge in [-0.2, -0.15) is 0 Å². The smallest absolute Gasteiger partial charge is 0.339 e. The van der Waals surface area contributed by atoms with E-state index in [0.29, 0.717) is 5.75 Å². The number of carbonyl (C=O) groups excluding carboxylic acids is 2. The maximum absolute atomic E-state index is 13.6. The van der Waals surface area contributed by atoms with E-state index >= 15 is 0 Å². The lowest BCUT2D eigenvalue weighted by atomic mass is 10.2. The van der Waals surface area contributed by atoms with Gasteiger partial charge in [0, 0.05) is 11.8 Å². The van der Waals surface area contributed by atoms with Crippen LogP contribution in [0.4, 0.5) is 11.4 Å². The predicted molar refractivity (Wildman–Crippen MR) is 137 cm³/mol. The Kier molecular flexibility index (Phi) is 8.78. The third kappa shape index (κ3) is 6.07. The van der Waals surface area contributed by atoms with Gasteiger partial charge >= 0.3 is 5.97 Å². The van der Waals surface area contributed by atoms with Gasteiger partial charge < -0.3 is 19.5 Å². The van der Waals surface area contributed by atoms with Crippen molar-refractivity contribution in [1.29, 1.82) is 0 Å². The fourth-order valence-electron chi connectivity index (χ4n) is 3.31. The zero-order valence-electron chi connectivity index (χ0n) is 19.9. The molecule has 11 heteroatoms. The molecular formula is C25H25ClN2O7S. The maximum atomic E-state index is 13.6. The lowest BCUT2D eigenvalue weighted by Crippen LogP contribution is -2.38. The average Bonchev–Trinajstić information content (AvgIpc) is 2.88. The van der Waals surface area contributed by atoms with Crippen LogP contribution in [0.5, 0.6) is 11.5 Å². The van der Waals surface area contributed by atoms with Crippen LogP contribution in [0.3, 0.4) is 0 Å². The first-order valence-electron chi connectivity index (χ1n) is 10.8. The number of nitrogens with one attached hydrogen (secondary N) is 1. The van der Waals surface area contributed by atoms with Crippen LogP contribution in [0.1, 0.15) is 17.3 Å². The highest BCUT2D eigenvalue weighted by atomic mass is 35.5. The molecule has 0 bridgehead atoms. The predicted octanol–water partition coefficient (Wildman–Crippen LogP) is 4.37. The first-order chi connectivity index (χ1) is 17.2. The Hall–Kier alpha value is -3.76. The van der Waals surface area contributed by atoms with E-state index in [0.717, 1.165) is 4.31 Å². The van der Waals surface area contributed by atoms with Gasteiger partial charge in [-0.15, -0.1) is 0 Å². The molecule has 3 rings (SSSR count). The number of ether oxygens (including phenoxy) is 3. The maximum Gasteiger partial charge on any atom is 0.339 e. The fourth-order valence-corrected chi connectivity index (χ4v) is 4.94. The summed E-state index contributed by atoms with van der Waals surface area (Å²) in [6, 6.07) is 16.7. The first kappa shape index (κ1) is 26.8. The van der Waals surface area contributed by atoms with Crippen molar-refractivity contribution in [2.75, 3.05) is 37.0 Å². The van der Waals surface area contributed by atoms with Crippen molar-refractivity contribution in [3.8, 4) is 11.5 Å². The Balaban J connectivity index is 1.93. The van der Waals surface area contributed by atoms with E-state index in [9.17, 15) is 18.0 Å². The van der Waals surface area contributed by atoms with Gasteiger partial charge in [0.2, 0.25) is 5.91 Å². The standard InChI is InChI=1S/C25H25ClN2O7S/c1-4-35-25(30)20-14-17(10-12-21(20)26)27-24(29)16-28(18-8-6-5-7-9-18)36(31,32)19-11-13-22(33-2)23(15-19)34-3/h5-15H,4,16H2,1-3H3,(H,27,29). The zero-order chi connectivity index (χ0) is 26.3. The van der Waals surface area contributed by atoms with E-state index in [2.05, 4.69) is 5.32 Å². The molecule has 1 amide bonds. The minimum atomic E-state index is -4.19. The van der Waals surface area contributed by atoms with Crippen LogP contribution >= 0.6 is 11.6 Å². The first-order valence-corrected chi connectivity index (χ1v) is 12.6. The van der Waals surface area contributed by atoms with Gasteiger partial charge in [-0.3, -0.25) is 9.10 Å². The normalized spacial score (nSPS) is 10.9. The summed E-state index contributed by atoms with van der Waals surface area (Å²) in [5.41, 5.74) is 0.615. The molecule has 0 aliphatic rings. The molecule has 9 nitrogen and oxygen atoms in total.